The zero-order valence-corrected chi connectivity index (χ0v) is 16.8. The molecule has 0 spiro atoms. The maximum absolute atomic E-state index is 6.91. The highest BCUT2D eigenvalue weighted by atomic mass is 16.5. The summed E-state index contributed by atoms with van der Waals surface area (Å²) in [6.45, 7) is 3.08. The van der Waals surface area contributed by atoms with Gasteiger partial charge in [-0.25, -0.2) is 0 Å². The van der Waals surface area contributed by atoms with E-state index in [4.69, 9.17) is 4.74 Å². The Morgan fingerprint density at radius 3 is 1.71 bits per heavy atom. The van der Waals surface area contributed by atoms with Crippen LogP contribution in [0.5, 0.6) is 0 Å². The molecular formula is C27H30O. The average molecular weight is 371 g/mol. The lowest BCUT2D eigenvalue weighted by Gasteiger charge is -2.55. The molecule has 28 heavy (non-hydrogen) atoms. The third kappa shape index (κ3) is 3.08. The summed E-state index contributed by atoms with van der Waals surface area (Å²) in [5.74, 6) is 0. The molecule has 0 bridgehead atoms. The Morgan fingerprint density at radius 1 is 0.714 bits per heavy atom. The maximum atomic E-state index is 6.91. The molecule has 1 heterocycles. The fourth-order valence-electron chi connectivity index (χ4n) is 5.17. The minimum absolute atomic E-state index is 0.0781. The molecule has 1 fully saturated rings. The van der Waals surface area contributed by atoms with Crippen LogP contribution in [0.25, 0.3) is 0 Å². The molecule has 1 nitrogen and oxygen atoms in total. The van der Waals surface area contributed by atoms with Gasteiger partial charge < -0.3 is 4.74 Å². The van der Waals surface area contributed by atoms with Gasteiger partial charge in [0.05, 0.1) is 0 Å². The molecule has 0 amide bonds. The zero-order chi connectivity index (χ0) is 19.3. The van der Waals surface area contributed by atoms with Crippen LogP contribution in [-0.2, 0) is 15.8 Å². The molecule has 1 aliphatic heterocycles. The van der Waals surface area contributed by atoms with E-state index in [1.807, 2.05) is 0 Å². The first-order valence-electron chi connectivity index (χ1n) is 10.6. The van der Waals surface area contributed by atoms with Gasteiger partial charge in [0.1, 0.15) is 5.60 Å². The van der Waals surface area contributed by atoms with Crippen LogP contribution in [0.2, 0.25) is 0 Å². The Morgan fingerprint density at radius 2 is 1.21 bits per heavy atom. The number of rotatable bonds is 6. The van der Waals surface area contributed by atoms with E-state index in [9.17, 15) is 0 Å². The number of hydrogen-bond acceptors (Lipinski definition) is 1. The lowest BCUT2D eigenvalue weighted by atomic mass is 9.56. The Balaban J connectivity index is 2.03. The summed E-state index contributed by atoms with van der Waals surface area (Å²) in [6, 6.07) is 32.9. The van der Waals surface area contributed by atoms with Gasteiger partial charge in [0.25, 0.3) is 0 Å². The van der Waals surface area contributed by atoms with Crippen molar-refractivity contribution in [2.24, 2.45) is 0 Å². The minimum atomic E-state index is -0.468. The number of hydrogen-bond donors (Lipinski definition) is 0. The van der Waals surface area contributed by atoms with Crippen molar-refractivity contribution >= 4 is 0 Å². The lowest BCUT2D eigenvalue weighted by molar-refractivity contribution is -0.118. The lowest BCUT2D eigenvalue weighted by Crippen LogP contribution is -2.55. The van der Waals surface area contributed by atoms with Crippen LogP contribution in [0, 0.1) is 0 Å². The summed E-state index contributed by atoms with van der Waals surface area (Å²) in [7, 11) is 0. The van der Waals surface area contributed by atoms with Gasteiger partial charge in [-0.15, -0.1) is 0 Å². The summed E-state index contributed by atoms with van der Waals surface area (Å²) < 4.78 is 6.91. The van der Waals surface area contributed by atoms with Crippen LogP contribution >= 0.6 is 0 Å². The van der Waals surface area contributed by atoms with Gasteiger partial charge in [-0.05, 0) is 36.0 Å². The third-order valence-corrected chi connectivity index (χ3v) is 6.38. The largest absolute Gasteiger partial charge is 0.365 e. The van der Waals surface area contributed by atoms with E-state index in [-0.39, 0.29) is 5.41 Å². The molecule has 1 aliphatic rings. The highest BCUT2D eigenvalue weighted by Crippen LogP contribution is 2.57. The predicted molar refractivity (Wildman–Crippen MR) is 116 cm³/mol. The molecule has 0 saturated carbocycles. The molecule has 0 aliphatic carbocycles. The van der Waals surface area contributed by atoms with Crippen molar-refractivity contribution in [1.82, 2.24) is 0 Å². The summed E-state index contributed by atoms with van der Waals surface area (Å²) in [6.07, 6.45) is 5.74. The Bertz CT molecular complexity index is 817. The second-order valence-corrected chi connectivity index (χ2v) is 7.92. The van der Waals surface area contributed by atoms with Crippen LogP contribution in [0.15, 0.2) is 91.0 Å². The van der Waals surface area contributed by atoms with E-state index >= 15 is 0 Å². The molecular weight excluding hydrogens is 340 g/mol. The minimum Gasteiger partial charge on any atom is -0.365 e. The fourth-order valence-corrected chi connectivity index (χ4v) is 5.17. The Hall–Kier alpha value is -2.38. The summed E-state index contributed by atoms with van der Waals surface area (Å²) >= 11 is 0. The van der Waals surface area contributed by atoms with Crippen molar-refractivity contribution in [3.05, 3.63) is 108 Å². The van der Waals surface area contributed by atoms with Gasteiger partial charge in [0.15, 0.2) is 0 Å². The second kappa shape index (κ2) is 8.32. The fraction of sp³-hybridized carbons (Fsp3) is 0.333. The highest BCUT2D eigenvalue weighted by Gasteiger charge is 2.56. The van der Waals surface area contributed by atoms with Crippen LogP contribution in [0.4, 0.5) is 0 Å². The van der Waals surface area contributed by atoms with E-state index in [1.54, 1.807) is 0 Å². The number of benzene rings is 3. The standard InChI is InChI=1S/C27H30O/c1-2-3-20-26(23-14-7-4-8-15-23)21-13-22-28-27(26,24-16-9-5-10-17-24)25-18-11-6-12-19-25/h4-12,14-19H,2-3,13,20-22H2,1H3. The molecule has 144 valence electrons. The number of unbranched alkanes of at least 4 members (excludes halogenated alkanes) is 1. The molecule has 3 aromatic rings. The average Bonchev–Trinajstić information content (AvgIpc) is 2.79. The van der Waals surface area contributed by atoms with E-state index in [2.05, 4.69) is 97.9 Å². The third-order valence-electron chi connectivity index (χ3n) is 6.38. The van der Waals surface area contributed by atoms with Crippen LogP contribution in [0.1, 0.15) is 55.7 Å². The number of ether oxygens (including phenoxy) is 1. The normalized spacial score (nSPS) is 21.3. The van der Waals surface area contributed by atoms with E-state index in [0.29, 0.717) is 0 Å². The van der Waals surface area contributed by atoms with Gasteiger partial charge in [-0.3, -0.25) is 0 Å². The Kier molecular flexibility index (Phi) is 5.64. The van der Waals surface area contributed by atoms with E-state index < -0.39 is 5.60 Å². The molecule has 1 unspecified atom stereocenters. The van der Waals surface area contributed by atoms with Crippen molar-refractivity contribution in [1.29, 1.82) is 0 Å². The maximum Gasteiger partial charge on any atom is 0.128 e. The summed E-state index contributed by atoms with van der Waals surface area (Å²) in [5.41, 5.74) is 3.38. The predicted octanol–water partition coefficient (Wildman–Crippen LogP) is 6.87. The van der Waals surface area contributed by atoms with Gasteiger partial charge >= 0.3 is 0 Å². The molecule has 0 radical (unpaired) electrons. The monoisotopic (exact) mass is 370 g/mol. The van der Waals surface area contributed by atoms with Gasteiger partial charge in [-0.2, -0.15) is 0 Å². The van der Waals surface area contributed by atoms with Crippen molar-refractivity contribution in [2.75, 3.05) is 6.61 Å². The van der Waals surface area contributed by atoms with E-state index in [0.717, 1.165) is 25.9 Å². The van der Waals surface area contributed by atoms with Crippen molar-refractivity contribution in [3.8, 4) is 0 Å². The first-order valence-corrected chi connectivity index (χ1v) is 10.6. The van der Waals surface area contributed by atoms with Gasteiger partial charge in [-0.1, -0.05) is 111 Å². The summed E-state index contributed by atoms with van der Waals surface area (Å²) in [5, 5.41) is 0. The highest BCUT2D eigenvalue weighted by molar-refractivity contribution is 5.47. The molecule has 1 heteroatoms. The van der Waals surface area contributed by atoms with Crippen molar-refractivity contribution in [2.45, 2.75) is 50.0 Å². The van der Waals surface area contributed by atoms with Crippen molar-refractivity contribution in [3.63, 3.8) is 0 Å². The van der Waals surface area contributed by atoms with Crippen LogP contribution < -0.4 is 0 Å². The van der Waals surface area contributed by atoms with Crippen LogP contribution in [-0.4, -0.2) is 6.61 Å². The quantitative estimate of drug-likeness (QED) is 0.460. The molecule has 0 aromatic heterocycles. The Labute approximate surface area is 169 Å². The van der Waals surface area contributed by atoms with E-state index in [1.165, 1.54) is 29.5 Å². The van der Waals surface area contributed by atoms with Gasteiger partial charge in [0, 0.05) is 12.0 Å². The van der Waals surface area contributed by atoms with Crippen molar-refractivity contribution < 1.29 is 4.74 Å². The molecule has 4 rings (SSSR count). The first-order chi connectivity index (χ1) is 13.8. The zero-order valence-electron chi connectivity index (χ0n) is 16.8. The second-order valence-electron chi connectivity index (χ2n) is 7.92. The molecule has 0 N–H and O–H groups in total. The molecule has 1 saturated heterocycles. The molecule has 1 atom stereocenters. The summed E-state index contributed by atoms with van der Waals surface area (Å²) in [4.78, 5) is 0. The topological polar surface area (TPSA) is 9.23 Å². The van der Waals surface area contributed by atoms with Crippen LogP contribution in [0.3, 0.4) is 0 Å². The smallest absolute Gasteiger partial charge is 0.128 e. The SMILES string of the molecule is CCCCC1(c2ccccc2)CCCOC1(c1ccccc1)c1ccccc1. The van der Waals surface area contributed by atoms with Gasteiger partial charge in [0.2, 0.25) is 0 Å². The first kappa shape index (κ1) is 19.0. The molecule has 3 aromatic carbocycles.